The minimum absolute atomic E-state index is 0.162. The van der Waals surface area contributed by atoms with E-state index in [0.717, 1.165) is 26.6 Å². The maximum atomic E-state index is 13.0. The van der Waals surface area contributed by atoms with Gasteiger partial charge in [-0.15, -0.1) is 11.8 Å². The van der Waals surface area contributed by atoms with Crippen molar-refractivity contribution >= 4 is 58.8 Å². The zero-order valence-electron chi connectivity index (χ0n) is 22.3. The fourth-order valence-corrected chi connectivity index (χ4v) is 6.07. The van der Waals surface area contributed by atoms with Crippen LogP contribution >= 0.6 is 35.0 Å². The third-order valence-electron chi connectivity index (χ3n) is 7.06. The Labute approximate surface area is 258 Å². The Kier molecular flexibility index (Phi) is 10.8. The summed E-state index contributed by atoms with van der Waals surface area (Å²) in [4.78, 5) is 40.2. The molecule has 0 aliphatic carbocycles. The second-order valence-corrected chi connectivity index (χ2v) is 11.8. The smallest absolute Gasteiger partial charge is 0.326 e. The third-order valence-corrected chi connectivity index (χ3v) is 9.10. The number of nitrogens with zero attached hydrogens (tertiary/aromatic N) is 1. The minimum atomic E-state index is -1.09. The molecule has 1 saturated heterocycles. The molecule has 6 nitrogen and oxygen atoms in total. The summed E-state index contributed by atoms with van der Waals surface area (Å²) in [5, 5.41) is 14.1. The lowest BCUT2D eigenvalue weighted by atomic mass is 9.94. The Hall–Kier alpha value is -2.97. The van der Waals surface area contributed by atoms with Crippen molar-refractivity contribution in [3.63, 3.8) is 0 Å². The molecule has 0 unspecified atom stereocenters. The number of hydrogen-bond donors (Lipinski definition) is 2. The van der Waals surface area contributed by atoms with Crippen molar-refractivity contribution in [1.29, 1.82) is 0 Å². The summed E-state index contributed by atoms with van der Waals surface area (Å²) in [5.41, 5.74) is 3.42. The first-order chi connectivity index (χ1) is 19.7. The van der Waals surface area contributed by atoms with Crippen LogP contribution < -0.4 is 5.32 Å². The fourth-order valence-electron chi connectivity index (χ4n) is 4.70. The number of hydrogen-bond acceptors (Lipinski definition) is 4. The molecule has 3 aromatic rings. The number of halogens is 3. The van der Waals surface area contributed by atoms with E-state index in [1.54, 1.807) is 11.0 Å². The summed E-state index contributed by atoms with van der Waals surface area (Å²) in [7, 11) is 0. The second kappa shape index (κ2) is 14.3. The average Bonchev–Trinajstić information content (AvgIpc) is 2.97. The highest BCUT2D eigenvalue weighted by Gasteiger charge is 2.29. The van der Waals surface area contributed by atoms with Crippen molar-refractivity contribution in [3.05, 3.63) is 92.9 Å². The molecular formula is C31H30Cl3N2O4S+. The van der Waals surface area contributed by atoms with E-state index in [9.17, 15) is 19.5 Å². The summed E-state index contributed by atoms with van der Waals surface area (Å²) >= 11 is 19.3. The molecule has 214 valence electrons. The molecule has 0 spiro atoms. The molecule has 1 heterocycles. The summed E-state index contributed by atoms with van der Waals surface area (Å²) in [5.74, 6) is -1.96. The maximum absolute atomic E-state index is 13.0. The molecule has 2 N–H and O–H groups in total. The van der Waals surface area contributed by atoms with Gasteiger partial charge in [0, 0.05) is 48.5 Å². The van der Waals surface area contributed by atoms with Crippen molar-refractivity contribution in [2.45, 2.75) is 30.2 Å². The van der Waals surface area contributed by atoms with Gasteiger partial charge in [-0.1, -0.05) is 65.7 Å². The van der Waals surface area contributed by atoms with E-state index in [0.29, 0.717) is 41.5 Å². The van der Waals surface area contributed by atoms with Gasteiger partial charge >= 0.3 is 5.97 Å². The number of carbonyl (C=O) groups is 3. The number of rotatable bonds is 9. The number of carbonyl (C=O) groups excluding carboxylic acids is 2. The Morgan fingerprint density at radius 2 is 1.76 bits per heavy atom. The largest absolute Gasteiger partial charge is 0.480 e. The fraction of sp³-hybridized carbons (Fsp3) is 0.258. The number of likely N-dealkylation sites (tertiary alicyclic amines) is 1. The van der Waals surface area contributed by atoms with Crippen molar-refractivity contribution in [3.8, 4) is 11.1 Å². The minimum Gasteiger partial charge on any atom is -0.480 e. The quantitative estimate of drug-likeness (QED) is 0.219. The van der Waals surface area contributed by atoms with Gasteiger partial charge in [-0.25, -0.2) is 4.79 Å². The van der Waals surface area contributed by atoms with Gasteiger partial charge in [-0.3, -0.25) is 9.59 Å². The molecule has 4 rings (SSSR count). The number of carboxylic acid groups (broad SMARTS) is 1. The normalized spacial score (nSPS) is 14.7. The summed E-state index contributed by atoms with van der Waals surface area (Å²) in [6.07, 6.45) is 6.06. The Morgan fingerprint density at radius 1 is 1.05 bits per heavy atom. The van der Waals surface area contributed by atoms with Crippen LogP contribution in [0.3, 0.4) is 0 Å². The Morgan fingerprint density at radius 3 is 2.39 bits per heavy atom. The predicted octanol–water partition coefficient (Wildman–Crippen LogP) is 6.14. The molecule has 1 aliphatic heterocycles. The summed E-state index contributed by atoms with van der Waals surface area (Å²) in [6.45, 7) is 0.789. The SMILES string of the molecule is CSc1ccc(/C=C/C(=O)N2CCC(C(=O)N[C@@H](Cc3ccc(-c4cccc([ClH+])c4)cc3)C(=O)O)CC2)c(Cl)c1Cl. The molecule has 3 aromatic carbocycles. The first kappa shape index (κ1) is 31.0. The monoisotopic (exact) mass is 631 g/mol. The third kappa shape index (κ3) is 8.07. The van der Waals surface area contributed by atoms with E-state index in [-0.39, 0.29) is 24.2 Å². The second-order valence-electron chi connectivity index (χ2n) is 9.75. The van der Waals surface area contributed by atoms with Gasteiger partial charge in [-0.05, 0) is 53.5 Å². The number of carboxylic acids is 1. The lowest BCUT2D eigenvalue weighted by molar-refractivity contribution is -0.288. The Balaban J connectivity index is 1.30. The highest BCUT2D eigenvalue weighted by molar-refractivity contribution is 7.98. The van der Waals surface area contributed by atoms with E-state index < -0.39 is 12.0 Å². The molecule has 1 atom stereocenters. The molecule has 10 heteroatoms. The van der Waals surface area contributed by atoms with Crippen LogP contribution in [0.4, 0.5) is 0 Å². The average molecular weight is 633 g/mol. The van der Waals surface area contributed by atoms with Crippen LogP contribution in [-0.2, 0) is 20.8 Å². The summed E-state index contributed by atoms with van der Waals surface area (Å²) in [6, 6.07) is 17.8. The molecule has 1 aliphatic rings. The number of aliphatic carboxylic acids is 1. The van der Waals surface area contributed by atoms with Gasteiger partial charge in [-0.2, -0.15) is 0 Å². The van der Waals surface area contributed by atoms with Crippen LogP contribution in [0.5, 0.6) is 0 Å². The van der Waals surface area contributed by atoms with Crippen LogP contribution in [-0.4, -0.2) is 53.2 Å². The van der Waals surface area contributed by atoms with Crippen LogP contribution in [0.15, 0.2) is 71.6 Å². The zero-order chi connectivity index (χ0) is 29.5. The van der Waals surface area contributed by atoms with E-state index in [4.69, 9.17) is 34.8 Å². The van der Waals surface area contributed by atoms with Crippen molar-refractivity contribution in [1.82, 2.24) is 10.2 Å². The van der Waals surface area contributed by atoms with Gasteiger partial charge in [0.25, 0.3) is 0 Å². The molecule has 0 bridgehead atoms. The lowest BCUT2D eigenvalue weighted by Crippen LogP contribution is -2.48. The molecule has 0 aromatic heterocycles. The van der Waals surface area contributed by atoms with Crippen molar-refractivity contribution < 1.29 is 31.1 Å². The van der Waals surface area contributed by atoms with Crippen LogP contribution in [0.1, 0.15) is 24.0 Å². The van der Waals surface area contributed by atoms with Gasteiger partial charge in [0.1, 0.15) is 6.04 Å². The topological polar surface area (TPSA) is 86.7 Å². The van der Waals surface area contributed by atoms with Crippen molar-refractivity contribution in [2.75, 3.05) is 19.3 Å². The first-order valence-corrected chi connectivity index (χ1v) is 15.4. The number of benzene rings is 3. The van der Waals surface area contributed by atoms with E-state index >= 15 is 0 Å². The van der Waals surface area contributed by atoms with Crippen LogP contribution in [0, 0.1) is 17.5 Å². The number of thioether (sulfide) groups is 1. The zero-order valence-corrected chi connectivity index (χ0v) is 25.5. The Bertz CT molecular complexity index is 1450. The van der Waals surface area contributed by atoms with E-state index in [1.807, 2.05) is 66.9 Å². The lowest BCUT2D eigenvalue weighted by Gasteiger charge is -2.31. The molecule has 0 radical (unpaired) electrons. The number of nitrogens with one attached hydrogen (secondary N) is 1. The van der Waals surface area contributed by atoms with Gasteiger partial charge < -0.3 is 15.3 Å². The van der Waals surface area contributed by atoms with Gasteiger partial charge in [0.15, 0.2) is 11.6 Å². The summed E-state index contributed by atoms with van der Waals surface area (Å²) < 4.78 is 0. The molecule has 41 heavy (non-hydrogen) atoms. The number of amides is 2. The van der Waals surface area contributed by atoms with E-state index in [2.05, 4.69) is 5.32 Å². The maximum Gasteiger partial charge on any atom is 0.326 e. The van der Waals surface area contributed by atoms with Crippen molar-refractivity contribution in [2.24, 2.45) is 5.92 Å². The standard InChI is InChI=1S/C31H29Cl3N2O4S/c1-41-26-11-9-21(28(33)29(26)34)10-12-27(37)36-15-13-22(14-16-36)30(38)35-25(31(39)40)17-19-5-7-20(8-6-19)23-3-2-4-24(32)18-23/h2-12,18,22,25,32H,13-17H2,1H3,(H-,35,38,39,40)/p+1/b12-10+/t25-/m0/s1. The van der Waals surface area contributed by atoms with Gasteiger partial charge in [0.2, 0.25) is 16.8 Å². The molecule has 0 saturated carbocycles. The van der Waals surface area contributed by atoms with Crippen LogP contribution in [0.2, 0.25) is 15.1 Å². The molecule has 2 amide bonds. The van der Waals surface area contributed by atoms with E-state index in [1.165, 1.54) is 17.8 Å². The first-order valence-electron chi connectivity index (χ1n) is 13.0. The highest BCUT2D eigenvalue weighted by Crippen LogP contribution is 2.35. The predicted molar refractivity (Wildman–Crippen MR) is 162 cm³/mol. The number of piperidine rings is 1. The van der Waals surface area contributed by atoms with Gasteiger partial charge in [0.05, 0.1) is 10.0 Å². The molecular weight excluding hydrogens is 603 g/mol. The van der Waals surface area contributed by atoms with Crippen LogP contribution in [0.25, 0.3) is 17.2 Å². The highest BCUT2D eigenvalue weighted by atomic mass is 35.5. The molecule has 1 fully saturated rings.